The highest BCUT2D eigenvalue weighted by molar-refractivity contribution is 7.27. The zero-order valence-corrected chi connectivity index (χ0v) is 30.9. The van der Waals surface area contributed by atoms with E-state index in [4.69, 9.17) is 15.0 Å². The van der Waals surface area contributed by atoms with Crippen molar-refractivity contribution in [2.75, 3.05) is 4.90 Å². The zero-order chi connectivity index (χ0) is 35.3. The maximum absolute atomic E-state index is 5.00. The second-order valence-corrected chi connectivity index (χ2v) is 16.7. The Morgan fingerprint density at radius 2 is 1.25 bits per heavy atom. The lowest BCUT2D eigenvalue weighted by atomic mass is 9.87. The van der Waals surface area contributed by atoms with Gasteiger partial charge in [0.05, 0.1) is 16.1 Å². The van der Waals surface area contributed by atoms with Gasteiger partial charge in [0.2, 0.25) is 0 Å². The minimum atomic E-state index is 0.0384. The summed E-state index contributed by atoms with van der Waals surface area (Å²) in [5, 5.41) is 4.91. The van der Waals surface area contributed by atoms with Gasteiger partial charge in [-0.25, -0.2) is 0 Å². The van der Waals surface area contributed by atoms with Crippen LogP contribution in [0.15, 0.2) is 134 Å². The Hall–Kier alpha value is -5.39. The maximum Gasteiger partial charge on any atom is 0.0881 e. The Labute approximate surface area is 304 Å². The minimum Gasteiger partial charge on any atom is -0.310 e. The summed E-state index contributed by atoms with van der Waals surface area (Å²) in [4.78, 5) is 17.0. The van der Waals surface area contributed by atoms with E-state index in [2.05, 4.69) is 168 Å². The fourth-order valence-electron chi connectivity index (χ4n) is 6.95. The van der Waals surface area contributed by atoms with Gasteiger partial charge in [-0.05, 0) is 88.9 Å². The SMILES string of the molecule is CC(C)(C)Cc1cc2ccc3c4ccnc(-c5cccc(N(c6ccccc6)c6cccc(-c7cc(C(C)(C)C)ccn7)c6)c5)c4sc3c2cn1. The van der Waals surface area contributed by atoms with Crippen molar-refractivity contribution >= 4 is 59.3 Å². The van der Waals surface area contributed by atoms with Gasteiger partial charge in [-0.15, -0.1) is 11.3 Å². The average molecular weight is 683 g/mol. The molecule has 0 unspecified atom stereocenters. The highest BCUT2D eigenvalue weighted by Crippen LogP contribution is 2.44. The lowest BCUT2D eigenvalue weighted by Crippen LogP contribution is -2.11. The summed E-state index contributed by atoms with van der Waals surface area (Å²) in [7, 11) is 0. The molecule has 0 aliphatic heterocycles. The molecule has 0 bridgehead atoms. The lowest BCUT2D eigenvalue weighted by molar-refractivity contribution is 0.406. The van der Waals surface area contributed by atoms with Crippen LogP contribution in [0, 0.1) is 5.41 Å². The van der Waals surface area contributed by atoms with Gasteiger partial charge in [-0.2, -0.15) is 0 Å². The van der Waals surface area contributed by atoms with E-state index < -0.39 is 0 Å². The Bertz CT molecular complexity index is 2540. The maximum atomic E-state index is 5.00. The van der Waals surface area contributed by atoms with Crippen molar-refractivity contribution in [1.82, 2.24) is 15.0 Å². The molecule has 0 saturated heterocycles. The van der Waals surface area contributed by atoms with E-state index in [9.17, 15) is 0 Å². The molecule has 0 aliphatic rings. The van der Waals surface area contributed by atoms with Crippen molar-refractivity contribution in [3.05, 3.63) is 145 Å². The normalized spacial score (nSPS) is 12.2. The quantitative estimate of drug-likeness (QED) is 0.175. The van der Waals surface area contributed by atoms with Gasteiger partial charge in [0.15, 0.2) is 0 Å². The van der Waals surface area contributed by atoms with Crippen LogP contribution in [0.4, 0.5) is 17.1 Å². The first kappa shape index (κ1) is 32.8. The summed E-state index contributed by atoms with van der Waals surface area (Å²) in [6.07, 6.45) is 6.89. The van der Waals surface area contributed by atoms with Crippen LogP contribution in [0.3, 0.4) is 0 Å². The third kappa shape index (κ3) is 6.50. The standard InChI is InChI=1S/C46H42N4S/c1-45(2,3)28-34-24-30-18-19-38-39-21-23-48-42(44(39)51-43(38)40(30)29-49-34)32-13-11-17-37(26-32)50(35-14-8-7-9-15-35)36-16-10-12-31(25-36)41-27-33(20-22-47-41)46(4,5)6/h7-27,29H,28H2,1-6H3. The molecule has 0 aliphatic carbocycles. The van der Waals surface area contributed by atoms with Crippen LogP contribution in [0.2, 0.25) is 0 Å². The van der Waals surface area contributed by atoms with Gasteiger partial charge in [0.1, 0.15) is 0 Å². The van der Waals surface area contributed by atoms with E-state index in [1.807, 2.05) is 23.7 Å². The van der Waals surface area contributed by atoms with Gasteiger partial charge in [0.25, 0.3) is 0 Å². The molecule has 0 N–H and O–H groups in total. The number of fused-ring (bicyclic) bond motifs is 5. The van der Waals surface area contributed by atoms with Crippen molar-refractivity contribution in [3.63, 3.8) is 0 Å². The second kappa shape index (κ2) is 12.7. The number of hydrogen-bond acceptors (Lipinski definition) is 5. The molecule has 4 nitrogen and oxygen atoms in total. The van der Waals surface area contributed by atoms with E-state index in [1.165, 1.54) is 36.5 Å². The van der Waals surface area contributed by atoms with Crippen LogP contribution in [0.1, 0.15) is 52.8 Å². The number of rotatable bonds is 6. The molecule has 252 valence electrons. The van der Waals surface area contributed by atoms with Gasteiger partial charge < -0.3 is 4.90 Å². The first-order valence-corrected chi connectivity index (χ1v) is 18.4. The number of thiophene rings is 1. The predicted molar refractivity (Wildman–Crippen MR) is 218 cm³/mol. The van der Waals surface area contributed by atoms with E-state index >= 15 is 0 Å². The third-order valence-corrected chi connectivity index (χ3v) is 10.7. The molecule has 8 rings (SSSR count). The summed E-state index contributed by atoms with van der Waals surface area (Å²) in [6, 6.07) is 41.3. The molecular formula is C46H42N4S. The first-order chi connectivity index (χ1) is 24.5. The highest BCUT2D eigenvalue weighted by Gasteiger charge is 2.19. The van der Waals surface area contributed by atoms with Gasteiger partial charge in [-0.3, -0.25) is 15.0 Å². The molecule has 4 aromatic carbocycles. The fraction of sp³-hybridized carbons (Fsp3) is 0.196. The molecule has 5 heteroatoms. The van der Waals surface area contributed by atoms with Crippen LogP contribution < -0.4 is 4.90 Å². The highest BCUT2D eigenvalue weighted by atomic mass is 32.1. The molecule has 4 aromatic heterocycles. The molecule has 8 aromatic rings. The Morgan fingerprint density at radius 1 is 0.569 bits per heavy atom. The lowest BCUT2D eigenvalue weighted by Gasteiger charge is -2.26. The van der Waals surface area contributed by atoms with Crippen molar-refractivity contribution in [3.8, 4) is 22.5 Å². The van der Waals surface area contributed by atoms with Crippen LogP contribution in [-0.4, -0.2) is 15.0 Å². The van der Waals surface area contributed by atoms with E-state index in [0.717, 1.165) is 51.7 Å². The summed E-state index contributed by atoms with van der Waals surface area (Å²) in [5.41, 5.74) is 9.97. The van der Waals surface area contributed by atoms with E-state index in [0.29, 0.717) is 0 Å². The Balaban J connectivity index is 1.23. The molecule has 0 radical (unpaired) electrons. The fourth-order valence-corrected chi connectivity index (χ4v) is 8.27. The van der Waals surface area contributed by atoms with Crippen molar-refractivity contribution in [1.29, 1.82) is 0 Å². The van der Waals surface area contributed by atoms with Crippen molar-refractivity contribution < 1.29 is 0 Å². The summed E-state index contributed by atoms with van der Waals surface area (Å²) in [6.45, 7) is 13.5. The molecule has 51 heavy (non-hydrogen) atoms. The zero-order valence-electron chi connectivity index (χ0n) is 30.1. The number of para-hydroxylation sites is 1. The molecule has 0 saturated carbocycles. The summed E-state index contributed by atoms with van der Waals surface area (Å²) < 4.78 is 2.45. The largest absolute Gasteiger partial charge is 0.310 e. The molecule has 0 amide bonds. The summed E-state index contributed by atoms with van der Waals surface area (Å²) >= 11 is 1.82. The first-order valence-electron chi connectivity index (χ1n) is 17.6. The van der Waals surface area contributed by atoms with Crippen molar-refractivity contribution in [2.45, 2.75) is 53.4 Å². The molecule has 4 heterocycles. The number of anilines is 3. The number of benzene rings is 4. The van der Waals surface area contributed by atoms with E-state index in [1.54, 1.807) is 0 Å². The summed E-state index contributed by atoms with van der Waals surface area (Å²) in [5.74, 6) is 0. The smallest absolute Gasteiger partial charge is 0.0881 e. The molecule has 0 spiro atoms. The molecule has 0 fully saturated rings. The molecular weight excluding hydrogens is 641 g/mol. The van der Waals surface area contributed by atoms with Gasteiger partial charge in [-0.1, -0.05) is 96.1 Å². The Morgan fingerprint density at radius 3 is 2.00 bits per heavy atom. The number of pyridine rings is 3. The van der Waals surface area contributed by atoms with Gasteiger partial charge >= 0.3 is 0 Å². The number of hydrogen-bond donors (Lipinski definition) is 0. The van der Waals surface area contributed by atoms with Gasteiger partial charge in [0, 0.05) is 73.3 Å². The molecule has 0 atom stereocenters. The topological polar surface area (TPSA) is 41.9 Å². The number of nitrogens with zero attached hydrogens (tertiary/aromatic N) is 4. The van der Waals surface area contributed by atoms with Crippen LogP contribution in [-0.2, 0) is 11.8 Å². The van der Waals surface area contributed by atoms with Crippen LogP contribution >= 0.6 is 11.3 Å². The van der Waals surface area contributed by atoms with Crippen LogP contribution in [0.5, 0.6) is 0 Å². The predicted octanol–water partition coefficient (Wildman–Crippen LogP) is 13.1. The second-order valence-electron chi connectivity index (χ2n) is 15.7. The Kier molecular flexibility index (Phi) is 8.19. The average Bonchev–Trinajstić information content (AvgIpc) is 3.51. The van der Waals surface area contributed by atoms with Crippen molar-refractivity contribution in [2.24, 2.45) is 5.41 Å². The number of aromatic nitrogens is 3. The third-order valence-electron chi connectivity index (χ3n) is 9.44. The monoisotopic (exact) mass is 682 g/mol. The van der Waals surface area contributed by atoms with E-state index in [-0.39, 0.29) is 10.8 Å². The van der Waals surface area contributed by atoms with Crippen LogP contribution in [0.25, 0.3) is 53.5 Å². The minimum absolute atomic E-state index is 0.0384.